The number of aromatic nitrogens is 3. The fourth-order valence-corrected chi connectivity index (χ4v) is 5.39. The van der Waals surface area contributed by atoms with Crippen molar-refractivity contribution in [1.29, 1.82) is 0 Å². The molecule has 0 amide bonds. The van der Waals surface area contributed by atoms with Crippen LogP contribution in [0.25, 0.3) is 21.6 Å². The highest BCUT2D eigenvalue weighted by Crippen LogP contribution is 2.39. The van der Waals surface area contributed by atoms with Crippen LogP contribution in [0.1, 0.15) is 28.8 Å². The minimum atomic E-state index is 0.0104. The topological polar surface area (TPSA) is 76.7 Å². The molecular weight excluding hydrogens is 390 g/mol. The van der Waals surface area contributed by atoms with Gasteiger partial charge in [0.05, 0.1) is 5.39 Å². The summed E-state index contributed by atoms with van der Waals surface area (Å²) in [6, 6.07) is 14.3. The Morgan fingerprint density at radius 2 is 1.80 bits per heavy atom. The zero-order chi connectivity index (χ0) is 20.3. The maximum Gasteiger partial charge on any atom is 0.163 e. The fraction of sp³-hybridized carbons (Fsp3) is 0.292. The van der Waals surface area contributed by atoms with E-state index in [2.05, 4.69) is 34.6 Å². The number of thiophene rings is 1. The van der Waals surface area contributed by atoms with Crippen LogP contribution in [0.15, 0.2) is 54.9 Å². The number of hydrogen-bond acceptors (Lipinski definition) is 6. The van der Waals surface area contributed by atoms with Crippen LogP contribution in [-0.4, -0.2) is 27.5 Å². The number of benzene rings is 1. The van der Waals surface area contributed by atoms with Gasteiger partial charge >= 0.3 is 0 Å². The number of nitrogens with two attached hydrogens (primary N) is 1. The van der Waals surface area contributed by atoms with Crippen LogP contribution in [0.3, 0.4) is 0 Å². The monoisotopic (exact) mass is 415 g/mol. The highest BCUT2D eigenvalue weighted by Gasteiger charge is 2.21. The molecule has 4 aromatic rings. The average molecular weight is 416 g/mol. The van der Waals surface area contributed by atoms with Crippen LogP contribution in [0.4, 0.5) is 5.82 Å². The lowest BCUT2D eigenvalue weighted by atomic mass is 9.97. The summed E-state index contributed by atoms with van der Waals surface area (Å²) in [7, 11) is 0. The highest BCUT2D eigenvalue weighted by molar-refractivity contribution is 7.19. The Labute approximate surface area is 180 Å². The van der Waals surface area contributed by atoms with Gasteiger partial charge in [-0.25, -0.2) is 9.97 Å². The van der Waals surface area contributed by atoms with Gasteiger partial charge in [0.2, 0.25) is 0 Å². The Hall–Kier alpha value is -2.83. The van der Waals surface area contributed by atoms with Crippen LogP contribution in [0.2, 0.25) is 0 Å². The summed E-state index contributed by atoms with van der Waals surface area (Å²) < 4.78 is 0. The lowest BCUT2D eigenvalue weighted by molar-refractivity contribution is 0.695. The molecule has 1 aromatic carbocycles. The van der Waals surface area contributed by atoms with E-state index < -0.39 is 0 Å². The Balaban J connectivity index is 1.48. The smallest absolute Gasteiger partial charge is 0.163 e. The van der Waals surface area contributed by atoms with E-state index in [0.717, 1.165) is 41.3 Å². The predicted molar refractivity (Wildman–Crippen MR) is 124 cm³/mol. The quantitative estimate of drug-likeness (QED) is 0.481. The third kappa shape index (κ3) is 3.93. The second kappa shape index (κ2) is 8.50. The molecule has 3 aromatic heterocycles. The van der Waals surface area contributed by atoms with E-state index >= 15 is 0 Å². The van der Waals surface area contributed by atoms with Crippen molar-refractivity contribution in [2.24, 2.45) is 5.73 Å². The molecular formula is C24H25N5S. The van der Waals surface area contributed by atoms with Gasteiger partial charge in [-0.2, -0.15) is 0 Å². The van der Waals surface area contributed by atoms with Gasteiger partial charge in [0.25, 0.3) is 0 Å². The maximum atomic E-state index is 6.45. The number of fused-ring (bicyclic) bond motifs is 3. The fourth-order valence-electron chi connectivity index (χ4n) is 4.13. The highest BCUT2D eigenvalue weighted by atomic mass is 32.1. The van der Waals surface area contributed by atoms with Crippen molar-refractivity contribution in [3.8, 4) is 11.4 Å². The van der Waals surface area contributed by atoms with Gasteiger partial charge in [0, 0.05) is 35.4 Å². The number of aryl methyl sites for hydroxylation is 2. The molecule has 0 fully saturated rings. The number of nitrogens with one attached hydrogen (secondary N) is 1. The molecule has 5 nitrogen and oxygen atoms in total. The molecule has 6 heteroatoms. The van der Waals surface area contributed by atoms with E-state index in [1.54, 1.807) is 12.4 Å². The normalized spacial score (nSPS) is 14.4. The third-order valence-electron chi connectivity index (χ3n) is 5.63. The molecule has 0 saturated carbocycles. The van der Waals surface area contributed by atoms with Crippen LogP contribution in [-0.2, 0) is 19.3 Å². The molecule has 0 aliphatic heterocycles. The Morgan fingerprint density at radius 1 is 1.00 bits per heavy atom. The van der Waals surface area contributed by atoms with Gasteiger partial charge < -0.3 is 11.1 Å². The van der Waals surface area contributed by atoms with Crippen LogP contribution < -0.4 is 11.1 Å². The van der Waals surface area contributed by atoms with Crippen LogP contribution in [0.5, 0.6) is 0 Å². The molecule has 1 aliphatic rings. The number of hydrogen-bond donors (Lipinski definition) is 2. The summed E-state index contributed by atoms with van der Waals surface area (Å²) in [6.07, 6.45) is 9.15. The van der Waals surface area contributed by atoms with E-state index in [1.807, 2.05) is 29.5 Å². The van der Waals surface area contributed by atoms with Crippen LogP contribution >= 0.6 is 11.3 Å². The molecule has 152 valence electrons. The molecule has 0 spiro atoms. The predicted octanol–water partition coefficient (Wildman–Crippen LogP) is 4.61. The van der Waals surface area contributed by atoms with Gasteiger partial charge in [-0.1, -0.05) is 30.3 Å². The van der Waals surface area contributed by atoms with Crippen molar-refractivity contribution in [2.75, 3.05) is 11.9 Å². The summed E-state index contributed by atoms with van der Waals surface area (Å²) in [5.74, 6) is 1.65. The lowest BCUT2D eigenvalue weighted by Crippen LogP contribution is -2.31. The minimum Gasteiger partial charge on any atom is -0.368 e. The standard InChI is InChI=1S/C24H25N5S/c25-18(14-16-6-2-1-3-7-16)15-27-23-21-19-8-4-5-9-20(19)30-24(21)29-22(28-23)17-10-12-26-13-11-17/h1-3,6-7,10-13,18H,4-5,8-9,14-15,25H2,(H,27,28,29)/t18-/m0/s1. The third-order valence-corrected chi connectivity index (χ3v) is 6.81. The van der Waals surface area contributed by atoms with E-state index in [4.69, 9.17) is 15.7 Å². The van der Waals surface area contributed by atoms with Crippen molar-refractivity contribution in [1.82, 2.24) is 15.0 Å². The van der Waals surface area contributed by atoms with Gasteiger partial charge in [0.1, 0.15) is 10.6 Å². The van der Waals surface area contributed by atoms with Gasteiger partial charge in [-0.15, -0.1) is 11.3 Å². The molecule has 0 unspecified atom stereocenters. The number of rotatable bonds is 6. The van der Waals surface area contributed by atoms with Crippen molar-refractivity contribution < 1.29 is 0 Å². The Bertz CT molecular complexity index is 1140. The van der Waals surface area contributed by atoms with Crippen LogP contribution in [0, 0.1) is 0 Å². The first-order valence-corrected chi connectivity index (χ1v) is 11.4. The number of pyridine rings is 1. The zero-order valence-electron chi connectivity index (χ0n) is 16.8. The van der Waals surface area contributed by atoms with Gasteiger partial charge in [-0.05, 0) is 55.4 Å². The summed E-state index contributed by atoms with van der Waals surface area (Å²) in [5.41, 5.74) is 10.1. The molecule has 3 heterocycles. The molecule has 0 bridgehead atoms. The van der Waals surface area contributed by atoms with Crippen molar-refractivity contribution >= 4 is 27.4 Å². The summed E-state index contributed by atoms with van der Waals surface area (Å²) >= 11 is 1.82. The van der Waals surface area contributed by atoms with E-state index in [0.29, 0.717) is 6.54 Å². The first-order chi connectivity index (χ1) is 14.8. The summed E-state index contributed by atoms with van der Waals surface area (Å²) in [4.78, 5) is 16.5. The van der Waals surface area contributed by atoms with Gasteiger partial charge in [-0.3, -0.25) is 4.98 Å². The first-order valence-electron chi connectivity index (χ1n) is 10.5. The molecule has 1 atom stereocenters. The largest absolute Gasteiger partial charge is 0.368 e. The molecule has 30 heavy (non-hydrogen) atoms. The first kappa shape index (κ1) is 19.2. The van der Waals surface area contributed by atoms with Crippen molar-refractivity contribution in [3.63, 3.8) is 0 Å². The SMILES string of the molecule is N[C@H](CNc1nc(-c2ccncc2)nc2sc3c(c12)CCCC3)Cc1ccccc1. The lowest BCUT2D eigenvalue weighted by Gasteiger charge is -2.16. The second-order valence-electron chi connectivity index (χ2n) is 7.85. The molecule has 1 aliphatic carbocycles. The van der Waals surface area contributed by atoms with E-state index in [1.165, 1.54) is 34.2 Å². The number of anilines is 1. The minimum absolute atomic E-state index is 0.0104. The van der Waals surface area contributed by atoms with Crippen molar-refractivity contribution in [2.45, 2.75) is 38.1 Å². The molecule has 0 saturated heterocycles. The summed E-state index contributed by atoms with van der Waals surface area (Å²) in [6.45, 7) is 0.668. The zero-order valence-corrected chi connectivity index (χ0v) is 17.7. The van der Waals surface area contributed by atoms with E-state index in [-0.39, 0.29) is 6.04 Å². The van der Waals surface area contributed by atoms with Crippen molar-refractivity contribution in [3.05, 3.63) is 70.9 Å². The Kier molecular flexibility index (Phi) is 5.43. The average Bonchev–Trinajstić information content (AvgIpc) is 3.17. The molecule has 5 rings (SSSR count). The van der Waals surface area contributed by atoms with E-state index in [9.17, 15) is 0 Å². The molecule has 0 radical (unpaired) electrons. The molecule has 3 N–H and O–H groups in total. The number of nitrogens with zero attached hydrogens (tertiary/aromatic N) is 3. The van der Waals surface area contributed by atoms with Gasteiger partial charge in [0.15, 0.2) is 5.82 Å². The summed E-state index contributed by atoms with van der Waals surface area (Å²) in [5, 5.41) is 4.76. The Morgan fingerprint density at radius 3 is 2.63 bits per heavy atom. The maximum absolute atomic E-state index is 6.45. The second-order valence-corrected chi connectivity index (χ2v) is 8.94.